The third-order valence-electron chi connectivity index (χ3n) is 3.12. The predicted molar refractivity (Wildman–Crippen MR) is 240 cm³/mol. The first-order valence-corrected chi connectivity index (χ1v) is 15.0. The van der Waals surface area contributed by atoms with Crippen LogP contribution in [0.3, 0.4) is 0 Å². The van der Waals surface area contributed by atoms with E-state index in [0.717, 1.165) is 65.4 Å². The van der Waals surface area contributed by atoms with Gasteiger partial charge in [-0.1, -0.05) is 0 Å². The number of nitrogens with one attached hydrogen (secondary N) is 10. The summed E-state index contributed by atoms with van der Waals surface area (Å²) in [6.07, 6.45) is 0. The van der Waals surface area contributed by atoms with Gasteiger partial charge in [-0.3, -0.25) is 49.1 Å². The molecule has 0 heterocycles. The van der Waals surface area contributed by atoms with Crippen molar-refractivity contribution in [1.29, 1.82) is 0 Å². The molecule has 0 saturated heterocycles. The standard InChI is InChI=1S/5C4H12N2.5Cu.10N3/c5*1-5-3-4-6-2;;;;;;10*1-3-2/h5*5-6H,3-4H2,1-2H3;;;;;;;;;;;;;;;/q;;;;;5*+2;10*-1. The van der Waals surface area contributed by atoms with E-state index < -0.39 is 0 Å². The Morgan fingerprint density at radius 3 is 0.215 bits per heavy atom. The van der Waals surface area contributed by atoms with Crippen molar-refractivity contribution in [2.75, 3.05) is 136 Å². The summed E-state index contributed by atoms with van der Waals surface area (Å²) in [6, 6.07) is 0. The van der Waals surface area contributed by atoms with E-state index in [1.165, 1.54) is 49.1 Å². The molecule has 0 aliphatic rings. The van der Waals surface area contributed by atoms with Crippen LogP contribution >= 0.6 is 0 Å². The first-order chi connectivity index (χ1) is 28.7. The fourth-order valence-corrected chi connectivity index (χ4v) is 1.25. The summed E-state index contributed by atoms with van der Waals surface area (Å²) in [5.74, 6) is 0. The average molecular weight is 1180 g/mol. The predicted octanol–water partition coefficient (Wildman–Crippen LogP) is 5.77. The van der Waals surface area contributed by atoms with E-state index in [-0.39, 0.29) is 85.3 Å². The molecule has 45 heteroatoms. The SMILES string of the molecule is CNCCNC.CNCCNC.CNCCNC.CNCCNC.CNCCNC.[Cu+2].[Cu+2].[Cu+2].[Cu+2].[Cu+2].[N-]=[N+]=[N-].[N-]=[N+]=[N-].[N-]=[N+]=[N-].[N-]=[N+]=[N-].[N-]=[N+]=[N-].[N-]=[N+]=[N-].[N-]=[N+]=[N-].[N-]=[N+]=[N-].[N-]=[N+]=[N-].[N-]=[N+]=[N-]. The largest absolute Gasteiger partial charge is 2.00 e. The Labute approximate surface area is 431 Å². The quantitative estimate of drug-likeness (QED) is 0.0310. The Bertz CT molecular complexity index is 726. The van der Waals surface area contributed by atoms with E-state index >= 15 is 0 Å². The number of hydrogen-bond donors (Lipinski definition) is 10. The zero-order chi connectivity index (χ0) is 51.2. The van der Waals surface area contributed by atoms with Crippen LogP contribution in [0.15, 0.2) is 0 Å². The molecule has 0 saturated carbocycles. The van der Waals surface area contributed by atoms with Crippen molar-refractivity contribution in [3.05, 3.63) is 160 Å². The summed E-state index contributed by atoms with van der Waals surface area (Å²) in [6.45, 7) is 10.5. The Morgan fingerprint density at radius 2 is 0.200 bits per heavy atom. The minimum Gasteiger partial charge on any atom is -0.373 e. The average Bonchev–Trinajstić information content (AvgIpc) is 3.21. The van der Waals surface area contributed by atoms with Gasteiger partial charge >= 0.3 is 85.3 Å². The Morgan fingerprint density at radius 1 is 0.169 bits per heavy atom. The molecular formula is C20H60Cu5N40. The first kappa shape index (κ1) is 131. The van der Waals surface area contributed by atoms with Crippen LogP contribution in [0.2, 0.25) is 0 Å². The van der Waals surface area contributed by atoms with Gasteiger partial charge in [-0.05, 0) is 70.5 Å². The van der Waals surface area contributed by atoms with Crippen LogP contribution in [0.5, 0.6) is 0 Å². The zero-order valence-electron chi connectivity index (χ0n) is 37.0. The third-order valence-corrected chi connectivity index (χ3v) is 3.12. The van der Waals surface area contributed by atoms with E-state index in [1.54, 1.807) is 0 Å². The van der Waals surface area contributed by atoms with Crippen LogP contribution in [0, 0.1) is 0 Å². The van der Waals surface area contributed by atoms with Crippen LogP contribution in [0.1, 0.15) is 0 Å². The van der Waals surface area contributed by atoms with Gasteiger partial charge in [0.25, 0.3) is 0 Å². The molecule has 0 aromatic rings. The topological polar surface area (TPSA) is 707 Å². The van der Waals surface area contributed by atoms with E-state index in [2.05, 4.69) is 53.2 Å². The molecule has 0 spiro atoms. The molecule has 0 rings (SSSR count). The summed E-state index contributed by atoms with van der Waals surface area (Å²) in [4.78, 5) is 15.0. The molecule has 0 unspecified atom stereocenters. The molecule has 0 amide bonds. The van der Waals surface area contributed by atoms with Crippen LogP contribution in [-0.2, 0) is 85.3 Å². The maximum atomic E-state index is 6.75. The van der Waals surface area contributed by atoms with Crippen molar-refractivity contribution in [1.82, 2.24) is 53.2 Å². The van der Waals surface area contributed by atoms with Crippen molar-refractivity contribution in [3.63, 3.8) is 0 Å². The van der Waals surface area contributed by atoms with Crippen LogP contribution in [-0.4, -0.2) is 136 Å². The van der Waals surface area contributed by atoms with Gasteiger partial charge in [-0.25, -0.2) is 0 Å². The van der Waals surface area contributed by atoms with Crippen LogP contribution in [0.25, 0.3) is 160 Å². The fraction of sp³-hybridized carbons (Fsp3) is 1.00. The molecular weight excluding hydrogens is 1120 g/mol. The monoisotopic (exact) mass is 1180 g/mol. The van der Waals surface area contributed by atoms with Gasteiger partial charge in [0, 0.05) is 65.4 Å². The van der Waals surface area contributed by atoms with Gasteiger partial charge in [0.1, 0.15) is 0 Å². The fourth-order valence-electron chi connectivity index (χ4n) is 1.25. The Balaban J connectivity index is -0.0000000187. The number of nitrogens with zero attached hydrogens (tertiary/aromatic N) is 30. The summed E-state index contributed by atoms with van der Waals surface area (Å²) in [7, 11) is 19.4. The molecule has 395 valence electrons. The molecule has 10 N–H and O–H groups in total. The van der Waals surface area contributed by atoms with Crippen molar-refractivity contribution in [2.24, 2.45) is 0 Å². The summed E-state index contributed by atoms with van der Waals surface area (Å²) in [5, 5.41) is 30.1. The third kappa shape index (κ3) is 1840. The maximum Gasteiger partial charge on any atom is 2.00 e. The first-order valence-electron chi connectivity index (χ1n) is 15.0. The van der Waals surface area contributed by atoms with Crippen molar-refractivity contribution < 1.29 is 85.3 Å². The molecule has 0 aromatic heterocycles. The Hall–Kier alpha value is -4.70. The summed E-state index contributed by atoms with van der Waals surface area (Å²) in [5.41, 5.74) is 135. The molecule has 65 heavy (non-hydrogen) atoms. The maximum absolute atomic E-state index is 6.75. The number of rotatable bonds is 15. The van der Waals surface area contributed by atoms with Gasteiger partial charge in [0.15, 0.2) is 0 Å². The zero-order valence-corrected chi connectivity index (χ0v) is 41.7. The van der Waals surface area contributed by atoms with Crippen molar-refractivity contribution in [3.8, 4) is 0 Å². The van der Waals surface area contributed by atoms with E-state index in [4.69, 9.17) is 111 Å². The molecule has 0 fully saturated rings. The van der Waals surface area contributed by atoms with E-state index in [0.29, 0.717) is 0 Å². The molecule has 0 aliphatic carbocycles. The van der Waals surface area contributed by atoms with Gasteiger partial charge in [-0.15, -0.1) is 0 Å². The van der Waals surface area contributed by atoms with Crippen molar-refractivity contribution >= 4 is 0 Å². The van der Waals surface area contributed by atoms with Crippen LogP contribution in [0.4, 0.5) is 0 Å². The summed E-state index contributed by atoms with van der Waals surface area (Å²) < 4.78 is 0. The number of hydrogen-bond acceptors (Lipinski definition) is 10. The molecule has 0 aromatic carbocycles. The van der Waals surface area contributed by atoms with Crippen LogP contribution < -0.4 is 53.2 Å². The molecule has 5 radical (unpaired) electrons. The van der Waals surface area contributed by atoms with Gasteiger partial charge in [-0.2, -0.15) is 0 Å². The van der Waals surface area contributed by atoms with Gasteiger partial charge in [0.2, 0.25) is 0 Å². The van der Waals surface area contributed by atoms with Gasteiger partial charge in [0.05, 0.1) is 0 Å². The minimum atomic E-state index is 0. The van der Waals surface area contributed by atoms with E-state index in [9.17, 15) is 0 Å². The molecule has 0 atom stereocenters. The normalized spacial score (nSPS) is 5.38. The van der Waals surface area contributed by atoms with E-state index in [1.807, 2.05) is 70.5 Å². The minimum absolute atomic E-state index is 0. The Kier molecular flexibility index (Phi) is 633. The molecule has 40 nitrogen and oxygen atoms in total. The number of likely N-dealkylation sites (N-methyl/N-ethyl adjacent to an activating group) is 10. The molecule has 0 bridgehead atoms. The second-order valence-electron chi connectivity index (χ2n) is 6.93. The smallest absolute Gasteiger partial charge is 0.373 e. The van der Waals surface area contributed by atoms with Crippen molar-refractivity contribution in [2.45, 2.75) is 0 Å². The second kappa shape index (κ2) is 315. The second-order valence-corrected chi connectivity index (χ2v) is 6.93. The summed E-state index contributed by atoms with van der Waals surface area (Å²) >= 11 is 0. The molecule has 0 aliphatic heterocycles. The van der Waals surface area contributed by atoms with Gasteiger partial charge < -0.3 is 164 Å².